The van der Waals surface area contributed by atoms with Gasteiger partial charge in [-0.1, -0.05) is 65.2 Å². The first-order valence-electron chi connectivity index (χ1n) is 13.2. The molecule has 6 rings (SSSR count). The molecule has 0 aliphatic heterocycles. The molecule has 3 atom stereocenters. The molecule has 0 amide bonds. The molecule has 35 heavy (non-hydrogen) atoms. The maximum absolute atomic E-state index is 2.74. The quantitative estimate of drug-likeness (QED) is 0.218. The highest BCUT2D eigenvalue weighted by molar-refractivity contribution is 14.1. The van der Waals surface area contributed by atoms with E-state index in [1.165, 1.54) is 49.2 Å². The zero-order chi connectivity index (χ0) is 24.8. The summed E-state index contributed by atoms with van der Waals surface area (Å²) in [5.41, 5.74) is 9.95. The van der Waals surface area contributed by atoms with E-state index in [4.69, 9.17) is 0 Å². The molecule has 3 heteroatoms. The van der Waals surface area contributed by atoms with Crippen LogP contribution in [0.2, 0.25) is 0 Å². The molecule has 0 radical (unpaired) electrons. The van der Waals surface area contributed by atoms with Crippen molar-refractivity contribution in [2.24, 2.45) is 5.41 Å². The highest BCUT2D eigenvalue weighted by Crippen LogP contribution is 2.85. The number of hydrogen-bond donors (Lipinski definition) is 0. The van der Waals surface area contributed by atoms with Crippen molar-refractivity contribution >= 4 is 67.8 Å². The minimum Gasteiger partial charge on any atom is -0.0653 e. The van der Waals surface area contributed by atoms with Gasteiger partial charge in [-0.05, 0) is 157 Å². The summed E-state index contributed by atoms with van der Waals surface area (Å²) in [6, 6.07) is 22.5. The molecule has 182 valence electrons. The third kappa shape index (κ3) is 2.65. The van der Waals surface area contributed by atoms with Gasteiger partial charge in [0.15, 0.2) is 0 Å². The van der Waals surface area contributed by atoms with Gasteiger partial charge in [0, 0.05) is 32.4 Å². The van der Waals surface area contributed by atoms with Crippen LogP contribution < -0.4 is 0 Å². The molecular weight excluding hydrogens is 765 g/mol. The van der Waals surface area contributed by atoms with Gasteiger partial charge in [-0.15, -0.1) is 0 Å². The summed E-state index contributed by atoms with van der Waals surface area (Å²) in [7, 11) is 0. The topological polar surface area (TPSA) is 0 Å². The zero-order valence-electron chi connectivity index (χ0n) is 21.1. The molecule has 3 aromatic carbocycles. The Kier molecular flexibility index (Phi) is 6.05. The molecule has 3 aliphatic rings. The average Bonchev–Trinajstić information content (AvgIpc) is 3.22. The van der Waals surface area contributed by atoms with E-state index in [0.717, 1.165) is 0 Å². The Hall–Kier alpha value is -0.150. The molecule has 0 bridgehead atoms. The minimum absolute atomic E-state index is 0.0345. The van der Waals surface area contributed by atoms with Crippen LogP contribution in [0.3, 0.4) is 0 Å². The summed E-state index contributed by atoms with van der Waals surface area (Å²) < 4.78 is 4.11. The normalized spacial score (nSPS) is 31.3. The van der Waals surface area contributed by atoms with Crippen LogP contribution in [-0.2, 0) is 16.2 Å². The van der Waals surface area contributed by atoms with Gasteiger partial charge in [0.05, 0.1) is 0 Å². The molecule has 0 nitrogen and oxygen atoms in total. The molecule has 0 spiro atoms. The van der Waals surface area contributed by atoms with Crippen molar-refractivity contribution in [2.75, 3.05) is 0 Å². The van der Waals surface area contributed by atoms with Crippen LogP contribution in [-0.4, -0.2) is 0 Å². The smallest absolute Gasteiger partial charge is 0.0286 e. The van der Waals surface area contributed by atoms with Crippen molar-refractivity contribution in [3.8, 4) is 0 Å². The predicted molar refractivity (Wildman–Crippen MR) is 173 cm³/mol. The van der Waals surface area contributed by atoms with Crippen LogP contribution >= 0.6 is 67.8 Å². The van der Waals surface area contributed by atoms with Gasteiger partial charge in [-0.25, -0.2) is 0 Å². The maximum atomic E-state index is 2.74. The van der Waals surface area contributed by atoms with Crippen molar-refractivity contribution in [1.29, 1.82) is 0 Å². The molecular formula is C32H33I3. The molecule has 0 unspecified atom stereocenters. The van der Waals surface area contributed by atoms with Crippen LogP contribution in [0.4, 0.5) is 0 Å². The summed E-state index contributed by atoms with van der Waals surface area (Å²) >= 11 is 7.65. The molecule has 0 N–H and O–H groups in total. The lowest BCUT2D eigenvalue weighted by molar-refractivity contribution is 0.0540. The Bertz CT molecular complexity index is 1190. The number of hydrogen-bond acceptors (Lipinski definition) is 0. The van der Waals surface area contributed by atoms with Crippen molar-refractivity contribution in [3.05, 3.63) is 98.7 Å². The zero-order valence-corrected chi connectivity index (χ0v) is 27.5. The lowest BCUT2D eigenvalue weighted by Gasteiger charge is -2.53. The van der Waals surface area contributed by atoms with Gasteiger partial charge in [-0.2, -0.15) is 0 Å². The van der Waals surface area contributed by atoms with Crippen LogP contribution in [0.15, 0.2) is 54.6 Å². The van der Waals surface area contributed by atoms with Crippen molar-refractivity contribution < 1.29 is 0 Å². The molecule has 0 saturated heterocycles. The van der Waals surface area contributed by atoms with Gasteiger partial charge >= 0.3 is 0 Å². The Morgan fingerprint density at radius 3 is 1.03 bits per heavy atom. The van der Waals surface area contributed by atoms with Gasteiger partial charge in [-0.3, -0.25) is 0 Å². The summed E-state index contributed by atoms with van der Waals surface area (Å²) in [4.78, 5) is 0. The monoisotopic (exact) mass is 798 g/mol. The first kappa shape index (κ1) is 25.1. The second kappa shape index (κ2) is 8.42. The Labute approximate surface area is 251 Å². The second-order valence-electron chi connectivity index (χ2n) is 11.2. The van der Waals surface area contributed by atoms with Gasteiger partial charge in [0.25, 0.3) is 0 Å². The van der Waals surface area contributed by atoms with E-state index in [1.807, 2.05) is 0 Å². The summed E-state index contributed by atoms with van der Waals surface area (Å²) in [5, 5.41) is 0. The first-order chi connectivity index (χ1) is 16.8. The third-order valence-corrected chi connectivity index (χ3v) is 12.2. The predicted octanol–water partition coefficient (Wildman–Crippen LogP) is 10.1. The van der Waals surface area contributed by atoms with E-state index in [0.29, 0.717) is 0 Å². The number of benzene rings is 3. The second-order valence-corrected chi connectivity index (χ2v) is 14.9. The lowest BCUT2D eigenvalue weighted by Crippen LogP contribution is -2.54. The molecule has 0 heterocycles. The fourth-order valence-corrected chi connectivity index (χ4v) is 11.0. The molecule has 3 aliphatic carbocycles. The van der Waals surface area contributed by atoms with E-state index in [2.05, 4.69) is 150 Å². The molecule has 0 fully saturated rings. The minimum atomic E-state index is 0.0345. The summed E-state index contributed by atoms with van der Waals surface area (Å²) in [6.07, 6.45) is 7.24. The average molecular weight is 798 g/mol. The highest BCUT2D eigenvalue weighted by Gasteiger charge is 2.82. The van der Waals surface area contributed by atoms with Gasteiger partial charge in [0.2, 0.25) is 0 Å². The fraction of sp³-hybridized carbons (Fsp3) is 0.438. The summed E-state index contributed by atoms with van der Waals surface area (Å²) in [5.74, 6) is 0. The third-order valence-electron chi connectivity index (χ3n) is 10.1. The Morgan fingerprint density at radius 1 is 0.486 bits per heavy atom. The Balaban J connectivity index is 1.92. The van der Waals surface area contributed by atoms with E-state index in [9.17, 15) is 0 Å². The van der Waals surface area contributed by atoms with Crippen LogP contribution in [0.5, 0.6) is 0 Å². The maximum Gasteiger partial charge on any atom is 0.0286 e. The molecule has 0 aromatic heterocycles. The number of rotatable bonds is 6. The van der Waals surface area contributed by atoms with Crippen LogP contribution in [0, 0.1) is 16.1 Å². The highest BCUT2D eigenvalue weighted by atomic mass is 127. The van der Waals surface area contributed by atoms with Crippen LogP contribution in [0.1, 0.15) is 99.6 Å². The lowest BCUT2D eigenvalue weighted by atomic mass is 9.48. The van der Waals surface area contributed by atoms with Crippen molar-refractivity contribution in [1.82, 2.24) is 0 Å². The largest absolute Gasteiger partial charge is 0.0653 e. The van der Waals surface area contributed by atoms with Crippen LogP contribution in [0.25, 0.3) is 0 Å². The van der Waals surface area contributed by atoms with E-state index < -0.39 is 0 Å². The number of halogens is 3. The van der Waals surface area contributed by atoms with Gasteiger partial charge in [0.1, 0.15) is 0 Å². The molecule has 3 aromatic rings. The van der Waals surface area contributed by atoms with Crippen molar-refractivity contribution in [2.45, 2.75) is 82.5 Å². The summed E-state index contributed by atoms with van der Waals surface area (Å²) in [6.45, 7) is 9.95. The van der Waals surface area contributed by atoms with E-state index in [1.54, 1.807) is 33.4 Å². The van der Waals surface area contributed by atoms with E-state index in [-0.39, 0.29) is 21.7 Å². The first-order valence-corrected chi connectivity index (χ1v) is 16.4. The van der Waals surface area contributed by atoms with Crippen molar-refractivity contribution in [3.63, 3.8) is 0 Å². The fourth-order valence-electron chi connectivity index (χ4n) is 9.55. The number of fused-ring (bicyclic) bond motifs is 9. The van der Waals surface area contributed by atoms with E-state index >= 15 is 0 Å². The standard InChI is InChI=1S/C32H33I3/c1-5-14-30-23-11-8-21(34)18-27(23)32(16-7-3)25-13-10-22(35)19-28(25)31(15-6-2,29(30,32)4)24-12-9-20(33)17-26(24)30/h8-13,17-19H,5-7,14-16H2,1-4H3/t29?,30-,31-,32-/m1/s1. The SMILES string of the molecule is CCC[C@@]12c3ccc(I)cc3[C@@]3(CCC)c4ccc(I)cc4[C@@](CCC)(c4ccc(I)cc41)C23C. The Morgan fingerprint density at radius 2 is 0.771 bits per heavy atom. The van der Waals surface area contributed by atoms with Gasteiger partial charge < -0.3 is 0 Å². The molecule has 0 saturated carbocycles.